The van der Waals surface area contributed by atoms with E-state index >= 15 is 0 Å². The molecule has 0 fully saturated rings. The Labute approximate surface area is 112 Å². The van der Waals surface area contributed by atoms with Crippen molar-refractivity contribution in [2.75, 3.05) is 0 Å². The van der Waals surface area contributed by atoms with E-state index in [-0.39, 0.29) is 0 Å². The molecule has 0 amide bonds. The SMILES string of the molecule is Clc1ccc(-c2ccc(Cl)cc2I)cc1. The molecular formula is C12H7Cl2I. The fourth-order valence-electron chi connectivity index (χ4n) is 1.35. The Morgan fingerprint density at radius 1 is 0.800 bits per heavy atom. The standard InChI is InChI=1S/C12H7Cl2I/c13-9-3-1-8(2-4-9)11-6-5-10(14)7-12(11)15/h1-7H. The van der Waals surface area contributed by atoms with Gasteiger partial charge < -0.3 is 0 Å². The van der Waals surface area contributed by atoms with Gasteiger partial charge in [-0.1, -0.05) is 41.4 Å². The van der Waals surface area contributed by atoms with Gasteiger partial charge in [-0.25, -0.2) is 0 Å². The second kappa shape index (κ2) is 4.73. The van der Waals surface area contributed by atoms with Gasteiger partial charge in [0.15, 0.2) is 0 Å². The zero-order chi connectivity index (χ0) is 10.8. The minimum absolute atomic E-state index is 0.753. The normalized spacial score (nSPS) is 10.3. The molecule has 0 N–H and O–H groups in total. The highest BCUT2D eigenvalue weighted by Gasteiger charge is 2.03. The monoisotopic (exact) mass is 348 g/mol. The minimum Gasteiger partial charge on any atom is -0.0843 e. The zero-order valence-corrected chi connectivity index (χ0v) is 11.3. The van der Waals surface area contributed by atoms with Gasteiger partial charge in [0, 0.05) is 13.6 Å². The fraction of sp³-hybridized carbons (Fsp3) is 0. The van der Waals surface area contributed by atoms with Crippen LogP contribution in [-0.4, -0.2) is 0 Å². The summed E-state index contributed by atoms with van der Waals surface area (Å²) in [5, 5.41) is 1.51. The average molecular weight is 349 g/mol. The van der Waals surface area contributed by atoms with Crippen LogP contribution in [0.15, 0.2) is 42.5 Å². The van der Waals surface area contributed by atoms with Crippen molar-refractivity contribution in [2.24, 2.45) is 0 Å². The van der Waals surface area contributed by atoms with E-state index in [0.29, 0.717) is 0 Å². The Morgan fingerprint density at radius 2 is 1.40 bits per heavy atom. The highest BCUT2D eigenvalue weighted by Crippen LogP contribution is 2.28. The summed E-state index contributed by atoms with van der Waals surface area (Å²) in [5.41, 5.74) is 2.33. The molecule has 15 heavy (non-hydrogen) atoms. The molecule has 0 atom stereocenters. The van der Waals surface area contributed by atoms with Crippen molar-refractivity contribution >= 4 is 45.8 Å². The van der Waals surface area contributed by atoms with Crippen LogP contribution >= 0.6 is 45.8 Å². The van der Waals surface area contributed by atoms with Crippen molar-refractivity contribution in [3.8, 4) is 11.1 Å². The number of benzene rings is 2. The first-order valence-corrected chi connectivity index (χ1v) is 6.21. The van der Waals surface area contributed by atoms with Crippen LogP contribution < -0.4 is 0 Å². The van der Waals surface area contributed by atoms with E-state index < -0.39 is 0 Å². The van der Waals surface area contributed by atoms with Crippen LogP contribution in [0.25, 0.3) is 11.1 Å². The van der Waals surface area contributed by atoms with E-state index in [9.17, 15) is 0 Å². The average Bonchev–Trinajstić information content (AvgIpc) is 2.20. The first-order valence-electron chi connectivity index (χ1n) is 4.38. The van der Waals surface area contributed by atoms with E-state index in [1.807, 2.05) is 42.5 Å². The van der Waals surface area contributed by atoms with E-state index in [1.54, 1.807) is 0 Å². The second-order valence-electron chi connectivity index (χ2n) is 3.13. The Morgan fingerprint density at radius 3 is 2.00 bits per heavy atom. The molecule has 0 saturated carbocycles. The minimum atomic E-state index is 0.753. The van der Waals surface area contributed by atoms with Crippen LogP contribution in [0.3, 0.4) is 0 Å². The van der Waals surface area contributed by atoms with Gasteiger partial charge in [0.2, 0.25) is 0 Å². The van der Waals surface area contributed by atoms with Crippen molar-refractivity contribution in [3.05, 3.63) is 56.1 Å². The van der Waals surface area contributed by atoms with Gasteiger partial charge in [0.1, 0.15) is 0 Å². The maximum atomic E-state index is 5.90. The summed E-state index contributed by atoms with van der Waals surface area (Å²) in [6, 6.07) is 13.7. The summed E-state index contributed by atoms with van der Waals surface area (Å²) in [5.74, 6) is 0. The van der Waals surface area contributed by atoms with Gasteiger partial charge in [0.05, 0.1) is 0 Å². The second-order valence-corrected chi connectivity index (χ2v) is 5.17. The highest BCUT2D eigenvalue weighted by molar-refractivity contribution is 14.1. The molecule has 0 unspecified atom stereocenters. The van der Waals surface area contributed by atoms with Crippen LogP contribution in [0.4, 0.5) is 0 Å². The molecule has 0 heterocycles. The lowest BCUT2D eigenvalue weighted by atomic mass is 10.1. The van der Waals surface area contributed by atoms with Gasteiger partial charge in [0.25, 0.3) is 0 Å². The molecule has 0 aliphatic rings. The summed E-state index contributed by atoms with van der Waals surface area (Å²) in [4.78, 5) is 0. The molecular weight excluding hydrogens is 342 g/mol. The lowest BCUT2D eigenvalue weighted by Crippen LogP contribution is -1.82. The molecule has 3 heteroatoms. The molecule has 0 nitrogen and oxygen atoms in total. The van der Waals surface area contributed by atoms with Crippen LogP contribution in [0.1, 0.15) is 0 Å². The maximum absolute atomic E-state index is 5.90. The van der Waals surface area contributed by atoms with E-state index in [0.717, 1.165) is 19.2 Å². The Balaban J connectivity index is 2.49. The Kier molecular flexibility index (Phi) is 3.54. The van der Waals surface area contributed by atoms with Crippen LogP contribution in [0, 0.1) is 3.57 Å². The van der Waals surface area contributed by atoms with Crippen molar-refractivity contribution < 1.29 is 0 Å². The Bertz CT molecular complexity index is 477. The molecule has 2 aromatic carbocycles. The maximum Gasteiger partial charge on any atom is 0.0416 e. The third-order valence-electron chi connectivity index (χ3n) is 2.09. The topological polar surface area (TPSA) is 0 Å². The smallest absolute Gasteiger partial charge is 0.0416 e. The number of hydrogen-bond donors (Lipinski definition) is 0. The molecule has 76 valence electrons. The number of hydrogen-bond acceptors (Lipinski definition) is 0. The van der Waals surface area contributed by atoms with Gasteiger partial charge in [-0.15, -0.1) is 0 Å². The lowest BCUT2D eigenvalue weighted by Gasteiger charge is -2.05. The van der Waals surface area contributed by atoms with Crippen molar-refractivity contribution in [2.45, 2.75) is 0 Å². The zero-order valence-electron chi connectivity index (χ0n) is 7.68. The third kappa shape index (κ3) is 2.65. The van der Waals surface area contributed by atoms with Crippen molar-refractivity contribution in [1.82, 2.24) is 0 Å². The Hall–Kier alpha value is -0.250. The largest absolute Gasteiger partial charge is 0.0843 e. The molecule has 2 aromatic rings. The molecule has 0 aliphatic heterocycles. The van der Waals surface area contributed by atoms with Crippen molar-refractivity contribution in [3.63, 3.8) is 0 Å². The molecule has 2 rings (SSSR count). The summed E-state index contributed by atoms with van der Waals surface area (Å²) in [7, 11) is 0. The molecule has 0 bridgehead atoms. The molecule has 0 radical (unpaired) electrons. The van der Waals surface area contributed by atoms with Crippen LogP contribution in [-0.2, 0) is 0 Å². The van der Waals surface area contributed by atoms with E-state index in [4.69, 9.17) is 23.2 Å². The lowest BCUT2D eigenvalue weighted by molar-refractivity contribution is 1.58. The molecule has 0 spiro atoms. The highest BCUT2D eigenvalue weighted by atomic mass is 127. The number of halogens is 3. The predicted molar refractivity (Wildman–Crippen MR) is 74.6 cm³/mol. The number of rotatable bonds is 1. The fourth-order valence-corrected chi connectivity index (χ4v) is 2.66. The van der Waals surface area contributed by atoms with Gasteiger partial charge >= 0.3 is 0 Å². The van der Waals surface area contributed by atoms with E-state index in [1.165, 1.54) is 5.56 Å². The van der Waals surface area contributed by atoms with Gasteiger partial charge in [-0.3, -0.25) is 0 Å². The first-order chi connectivity index (χ1) is 7.16. The quantitative estimate of drug-likeness (QED) is 0.616. The summed E-state index contributed by atoms with van der Waals surface area (Å²) >= 11 is 14.0. The van der Waals surface area contributed by atoms with E-state index in [2.05, 4.69) is 22.6 Å². The van der Waals surface area contributed by atoms with Gasteiger partial charge in [-0.2, -0.15) is 0 Å². The first kappa shape index (κ1) is 11.2. The van der Waals surface area contributed by atoms with Crippen molar-refractivity contribution in [1.29, 1.82) is 0 Å². The summed E-state index contributed by atoms with van der Waals surface area (Å²) in [6.07, 6.45) is 0. The summed E-state index contributed by atoms with van der Waals surface area (Å²) < 4.78 is 1.14. The van der Waals surface area contributed by atoms with Gasteiger partial charge in [-0.05, 0) is 58.0 Å². The summed E-state index contributed by atoms with van der Waals surface area (Å²) in [6.45, 7) is 0. The molecule has 0 aromatic heterocycles. The predicted octanol–water partition coefficient (Wildman–Crippen LogP) is 5.27. The van der Waals surface area contributed by atoms with Crippen LogP contribution in [0.2, 0.25) is 10.0 Å². The molecule has 0 aliphatic carbocycles. The molecule has 0 saturated heterocycles. The van der Waals surface area contributed by atoms with Crippen LogP contribution in [0.5, 0.6) is 0 Å². The third-order valence-corrected chi connectivity index (χ3v) is 3.47.